The average Bonchev–Trinajstić information content (AvgIpc) is 3.12. The normalized spacial score (nSPS) is 33.2. The number of hydrogen-bond donors (Lipinski definition) is 1. The molecule has 1 aromatic heterocycles. The van der Waals surface area contributed by atoms with Gasteiger partial charge in [-0.05, 0) is 49.7 Å². The summed E-state index contributed by atoms with van der Waals surface area (Å²) in [6, 6.07) is 1.67. The Morgan fingerprint density at radius 3 is 2.33 bits per heavy atom. The minimum atomic E-state index is 0.720. The number of allylic oxidation sites excluding steroid dienone is 1. The molecule has 5 heteroatoms. The van der Waals surface area contributed by atoms with E-state index < -0.39 is 0 Å². The molecule has 3 aliphatic rings. The Balaban J connectivity index is 1.50. The zero-order chi connectivity index (χ0) is 16.5. The minimum Gasteiger partial charge on any atom is -0.300 e. The van der Waals surface area contributed by atoms with Crippen LogP contribution in [-0.4, -0.2) is 38.3 Å². The SMILES string of the molecule is C=CCn1c(CCN2C3CCCCC3C3CCCCC32)n[nH]c1=S. The predicted molar refractivity (Wildman–Crippen MR) is 99.5 cm³/mol. The van der Waals surface area contributed by atoms with Crippen molar-refractivity contribution in [2.24, 2.45) is 11.8 Å². The zero-order valence-corrected chi connectivity index (χ0v) is 15.4. The van der Waals surface area contributed by atoms with Crippen molar-refractivity contribution < 1.29 is 0 Å². The Morgan fingerprint density at radius 1 is 1.08 bits per heavy atom. The fourth-order valence-corrected chi connectivity index (χ4v) is 5.99. The van der Waals surface area contributed by atoms with Gasteiger partial charge in [0.25, 0.3) is 0 Å². The first kappa shape index (κ1) is 16.5. The molecule has 4 unspecified atom stereocenters. The molecule has 24 heavy (non-hydrogen) atoms. The average molecular weight is 347 g/mol. The van der Waals surface area contributed by atoms with Gasteiger partial charge in [0.05, 0.1) is 0 Å². The molecular weight excluding hydrogens is 316 g/mol. The number of aromatic amines is 1. The van der Waals surface area contributed by atoms with E-state index in [1.54, 1.807) is 0 Å². The third kappa shape index (κ3) is 2.90. The molecule has 0 bridgehead atoms. The van der Waals surface area contributed by atoms with Crippen LogP contribution in [0.15, 0.2) is 12.7 Å². The molecule has 4 nitrogen and oxygen atoms in total. The third-order valence-corrected chi connectivity index (χ3v) is 7.02. The highest BCUT2D eigenvalue weighted by Crippen LogP contribution is 2.48. The van der Waals surface area contributed by atoms with Crippen molar-refractivity contribution in [1.82, 2.24) is 19.7 Å². The first-order valence-electron chi connectivity index (χ1n) is 9.80. The van der Waals surface area contributed by atoms with Gasteiger partial charge in [-0.2, -0.15) is 5.10 Å². The molecule has 4 rings (SSSR count). The molecule has 3 fully saturated rings. The smallest absolute Gasteiger partial charge is 0.195 e. The van der Waals surface area contributed by atoms with E-state index in [4.69, 9.17) is 12.2 Å². The van der Waals surface area contributed by atoms with Crippen molar-refractivity contribution in [2.45, 2.75) is 76.4 Å². The summed E-state index contributed by atoms with van der Waals surface area (Å²) in [6.45, 7) is 5.73. The maximum Gasteiger partial charge on any atom is 0.195 e. The molecule has 2 saturated carbocycles. The summed E-state index contributed by atoms with van der Waals surface area (Å²) in [4.78, 5) is 2.88. The summed E-state index contributed by atoms with van der Waals surface area (Å²) < 4.78 is 2.81. The van der Waals surface area contributed by atoms with Crippen molar-refractivity contribution in [1.29, 1.82) is 0 Å². The lowest BCUT2D eigenvalue weighted by Crippen LogP contribution is -2.41. The summed E-state index contributed by atoms with van der Waals surface area (Å²) >= 11 is 5.36. The number of hydrogen-bond acceptors (Lipinski definition) is 3. The van der Waals surface area contributed by atoms with Crippen LogP contribution >= 0.6 is 12.2 Å². The number of rotatable bonds is 5. The number of likely N-dealkylation sites (tertiary alicyclic amines) is 1. The largest absolute Gasteiger partial charge is 0.300 e. The number of nitrogens with zero attached hydrogens (tertiary/aromatic N) is 3. The minimum absolute atomic E-state index is 0.720. The summed E-state index contributed by atoms with van der Waals surface area (Å²) in [5.41, 5.74) is 0. The van der Waals surface area contributed by atoms with Gasteiger partial charge in [0.2, 0.25) is 0 Å². The summed E-state index contributed by atoms with van der Waals surface area (Å²) in [5.74, 6) is 3.03. The lowest BCUT2D eigenvalue weighted by atomic mass is 9.73. The van der Waals surface area contributed by atoms with Crippen LogP contribution in [0.1, 0.15) is 57.2 Å². The standard InChI is InChI=1S/C19H30N4S/c1-2-12-23-18(20-21-19(23)24)11-13-22-16-9-5-3-7-14(16)15-8-4-6-10-17(15)22/h2,14-17H,1,3-13H2,(H,21,24). The topological polar surface area (TPSA) is 36.9 Å². The molecule has 2 heterocycles. The Kier molecular flexibility index (Phi) is 4.90. The van der Waals surface area contributed by atoms with Gasteiger partial charge in [0, 0.05) is 31.6 Å². The third-order valence-electron chi connectivity index (χ3n) is 6.71. The Labute approximate surface area is 150 Å². The fourth-order valence-electron chi connectivity index (χ4n) is 5.77. The van der Waals surface area contributed by atoms with E-state index in [1.807, 2.05) is 6.08 Å². The van der Waals surface area contributed by atoms with Crippen LogP contribution in [0.2, 0.25) is 0 Å². The summed E-state index contributed by atoms with van der Waals surface area (Å²) in [7, 11) is 0. The van der Waals surface area contributed by atoms with Gasteiger partial charge in [-0.3, -0.25) is 10.00 Å². The van der Waals surface area contributed by atoms with Crippen molar-refractivity contribution in [3.63, 3.8) is 0 Å². The molecule has 0 amide bonds. The van der Waals surface area contributed by atoms with Crippen LogP contribution in [0.4, 0.5) is 0 Å². The van der Waals surface area contributed by atoms with Gasteiger partial charge in [-0.1, -0.05) is 31.8 Å². The van der Waals surface area contributed by atoms with E-state index in [-0.39, 0.29) is 0 Å². The van der Waals surface area contributed by atoms with Gasteiger partial charge < -0.3 is 4.57 Å². The lowest BCUT2D eigenvalue weighted by Gasteiger charge is -2.34. The number of aromatic nitrogens is 3. The van der Waals surface area contributed by atoms with Crippen molar-refractivity contribution in [3.05, 3.63) is 23.3 Å². The maximum atomic E-state index is 5.36. The molecule has 1 aliphatic heterocycles. The first-order chi connectivity index (χ1) is 11.8. The van der Waals surface area contributed by atoms with E-state index in [0.717, 1.165) is 54.0 Å². The van der Waals surface area contributed by atoms with Gasteiger partial charge in [0.15, 0.2) is 4.77 Å². The van der Waals surface area contributed by atoms with Crippen LogP contribution < -0.4 is 0 Å². The molecule has 132 valence electrons. The molecule has 1 N–H and O–H groups in total. The summed E-state index contributed by atoms with van der Waals surface area (Å²) in [5, 5.41) is 7.43. The molecule has 0 radical (unpaired) electrons. The maximum absolute atomic E-state index is 5.36. The predicted octanol–water partition coefficient (Wildman–Crippen LogP) is 4.10. The molecule has 0 spiro atoms. The van der Waals surface area contributed by atoms with Crippen LogP contribution in [0.25, 0.3) is 0 Å². The Morgan fingerprint density at radius 2 is 1.71 bits per heavy atom. The highest BCUT2D eigenvalue weighted by atomic mass is 32.1. The first-order valence-corrected chi connectivity index (χ1v) is 10.2. The van der Waals surface area contributed by atoms with Crippen LogP contribution in [0.5, 0.6) is 0 Å². The molecular formula is C19H30N4S. The second-order valence-electron chi connectivity index (χ2n) is 7.86. The van der Waals surface area contributed by atoms with E-state index >= 15 is 0 Å². The van der Waals surface area contributed by atoms with E-state index in [9.17, 15) is 0 Å². The van der Waals surface area contributed by atoms with Gasteiger partial charge in [-0.25, -0.2) is 0 Å². The molecule has 0 aromatic carbocycles. The van der Waals surface area contributed by atoms with Gasteiger partial charge in [-0.15, -0.1) is 6.58 Å². The van der Waals surface area contributed by atoms with Crippen LogP contribution in [0.3, 0.4) is 0 Å². The van der Waals surface area contributed by atoms with Gasteiger partial charge >= 0.3 is 0 Å². The second-order valence-corrected chi connectivity index (χ2v) is 8.25. The van der Waals surface area contributed by atoms with E-state index in [0.29, 0.717) is 0 Å². The van der Waals surface area contributed by atoms with Crippen molar-refractivity contribution in [3.8, 4) is 0 Å². The molecule has 1 saturated heterocycles. The number of H-pyrrole nitrogens is 1. The van der Waals surface area contributed by atoms with E-state index in [2.05, 4.69) is 26.2 Å². The monoisotopic (exact) mass is 346 g/mol. The number of nitrogens with one attached hydrogen (secondary N) is 1. The summed E-state index contributed by atoms with van der Waals surface area (Å²) in [6.07, 6.45) is 14.4. The van der Waals surface area contributed by atoms with E-state index in [1.165, 1.54) is 51.4 Å². The molecule has 4 atom stereocenters. The van der Waals surface area contributed by atoms with Crippen molar-refractivity contribution in [2.75, 3.05) is 6.54 Å². The second kappa shape index (κ2) is 7.12. The molecule has 2 aliphatic carbocycles. The highest BCUT2D eigenvalue weighted by Gasteiger charge is 2.49. The van der Waals surface area contributed by atoms with Crippen LogP contribution in [0, 0.1) is 16.6 Å². The number of fused-ring (bicyclic) bond motifs is 3. The Bertz CT molecular complexity index is 612. The fraction of sp³-hybridized carbons (Fsp3) is 0.789. The zero-order valence-electron chi connectivity index (χ0n) is 14.6. The molecule has 1 aromatic rings. The van der Waals surface area contributed by atoms with Crippen LogP contribution in [-0.2, 0) is 13.0 Å². The lowest BCUT2D eigenvalue weighted by molar-refractivity contribution is 0.139. The quantitative estimate of drug-likeness (QED) is 0.644. The highest BCUT2D eigenvalue weighted by molar-refractivity contribution is 7.71. The van der Waals surface area contributed by atoms with Gasteiger partial charge in [0.1, 0.15) is 5.82 Å². The Hall–Kier alpha value is -0.940. The van der Waals surface area contributed by atoms with Crippen molar-refractivity contribution >= 4 is 12.2 Å².